The number of ether oxygens (including phenoxy) is 1. The molecular weight excluding hydrogens is 378 g/mol. The number of nitrogens with two attached hydrogens (primary N) is 1. The van der Waals surface area contributed by atoms with Gasteiger partial charge in [-0.15, -0.1) is 0 Å². The van der Waals surface area contributed by atoms with E-state index in [0.717, 1.165) is 50.1 Å². The van der Waals surface area contributed by atoms with Crippen LogP contribution in [-0.2, 0) is 4.74 Å². The molecule has 1 aromatic rings. The smallest absolute Gasteiger partial charge is 0.321 e. The van der Waals surface area contributed by atoms with Crippen LogP contribution in [0.4, 0.5) is 13.6 Å². The van der Waals surface area contributed by atoms with Crippen LogP contribution >= 0.6 is 0 Å². The number of urea groups is 1. The zero-order chi connectivity index (χ0) is 20.1. The van der Waals surface area contributed by atoms with E-state index in [1.54, 1.807) is 0 Å². The van der Waals surface area contributed by atoms with E-state index < -0.39 is 23.8 Å². The van der Waals surface area contributed by atoms with Gasteiger partial charge in [-0.05, 0) is 37.5 Å². The van der Waals surface area contributed by atoms with E-state index >= 15 is 0 Å². The number of amides is 2. The standard InChI is InChI=1S/C21H26F2N4O2/c22-12-1-4-16(23)15(9-12)20-17(24)10-14(11-29-20)26-7-5-19-18(26)6-8-27(19)21(28)25-13-2-3-13/h1,4,9,13-14,17,20H,2-3,5-8,10-11,24H2,(H,25,28). The lowest BCUT2D eigenvalue weighted by Crippen LogP contribution is -2.48. The number of hydrogen-bond acceptors (Lipinski definition) is 4. The van der Waals surface area contributed by atoms with Gasteiger partial charge in [-0.3, -0.25) is 4.90 Å². The van der Waals surface area contributed by atoms with Crippen molar-refractivity contribution in [2.75, 3.05) is 19.7 Å². The number of rotatable bonds is 3. The summed E-state index contributed by atoms with van der Waals surface area (Å²) < 4.78 is 33.7. The zero-order valence-electron chi connectivity index (χ0n) is 16.2. The lowest BCUT2D eigenvalue weighted by Gasteiger charge is -2.40. The quantitative estimate of drug-likeness (QED) is 0.813. The number of hydrogen-bond donors (Lipinski definition) is 2. The Hall–Kier alpha value is -2.19. The molecule has 2 fully saturated rings. The predicted molar refractivity (Wildman–Crippen MR) is 103 cm³/mol. The van der Waals surface area contributed by atoms with E-state index in [-0.39, 0.29) is 17.6 Å². The molecule has 6 nitrogen and oxygen atoms in total. The molecule has 29 heavy (non-hydrogen) atoms. The molecule has 1 saturated heterocycles. The van der Waals surface area contributed by atoms with Crippen LogP contribution in [-0.4, -0.2) is 53.7 Å². The molecule has 3 unspecified atom stereocenters. The number of nitrogens with zero attached hydrogens (tertiary/aromatic N) is 2. The summed E-state index contributed by atoms with van der Waals surface area (Å²) >= 11 is 0. The minimum Gasteiger partial charge on any atom is -0.370 e. The summed E-state index contributed by atoms with van der Waals surface area (Å²) in [6.07, 6.45) is 3.79. The Kier molecular flexibility index (Phi) is 4.70. The summed E-state index contributed by atoms with van der Waals surface area (Å²) in [5.74, 6) is -0.992. The minimum absolute atomic E-state index is 0.0117. The highest BCUT2D eigenvalue weighted by molar-refractivity contribution is 5.77. The van der Waals surface area contributed by atoms with Crippen molar-refractivity contribution in [3.63, 3.8) is 0 Å². The highest BCUT2D eigenvalue weighted by atomic mass is 19.1. The van der Waals surface area contributed by atoms with Crippen LogP contribution in [0.3, 0.4) is 0 Å². The molecule has 5 rings (SSSR count). The van der Waals surface area contributed by atoms with E-state index in [9.17, 15) is 13.6 Å². The Morgan fingerprint density at radius 2 is 1.97 bits per heavy atom. The van der Waals surface area contributed by atoms with Crippen molar-refractivity contribution in [3.8, 4) is 0 Å². The summed E-state index contributed by atoms with van der Waals surface area (Å²) in [4.78, 5) is 16.7. The molecule has 1 aromatic carbocycles. The molecule has 156 valence electrons. The third-order valence-corrected chi connectivity index (χ3v) is 6.42. The van der Waals surface area contributed by atoms with Gasteiger partial charge in [0.2, 0.25) is 0 Å². The molecule has 0 spiro atoms. The molecule has 0 bridgehead atoms. The molecule has 3 N–H and O–H groups in total. The summed E-state index contributed by atoms with van der Waals surface area (Å²) in [7, 11) is 0. The van der Waals surface area contributed by atoms with Crippen LogP contribution in [0.5, 0.6) is 0 Å². The number of carbonyl (C=O) groups excluding carboxylic acids is 1. The van der Waals surface area contributed by atoms with Gasteiger partial charge in [-0.25, -0.2) is 13.6 Å². The first-order valence-electron chi connectivity index (χ1n) is 10.4. The van der Waals surface area contributed by atoms with E-state index in [1.807, 2.05) is 4.90 Å². The zero-order valence-corrected chi connectivity index (χ0v) is 16.2. The van der Waals surface area contributed by atoms with Gasteiger partial charge in [0.1, 0.15) is 17.7 Å². The first kappa shape index (κ1) is 18.8. The van der Waals surface area contributed by atoms with Crippen LogP contribution < -0.4 is 11.1 Å². The Balaban J connectivity index is 1.27. The Morgan fingerprint density at radius 3 is 2.72 bits per heavy atom. The van der Waals surface area contributed by atoms with Gasteiger partial charge < -0.3 is 20.7 Å². The molecule has 3 heterocycles. The van der Waals surface area contributed by atoms with Crippen molar-refractivity contribution >= 4 is 6.03 Å². The van der Waals surface area contributed by atoms with Crippen LogP contribution in [0.25, 0.3) is 0 Å². The lowest BCUT2D eigenvalue weighted by atomic mass is 9.93. The Bertz CT molecular complexity index is 857. The van der Waals surface area contributed by atoms with Crippen molar-refractivity contribution < 1.29 is 18.3 Å². The van der Waals surface area contributed by atoms with E-state index in [1.165, 1.54) is 11.8 Å². The van der Waals surface area contributed by atoms with Crippen LogP contribution in [0, 0.1) is 11.6 Å². The molecular formula is C21H26F2N4O2. The van der Waals surface area contributed by atoms with Crippen molar-refractivity contribution in [2.45, 2.75) is 56.3 Å². The first-order chi connectivity index (χ1) is 14.0. The number of carbonyl (C=O) groups is 1. The topological polar surface area (TPSA) is 70.8 Å². The van der Waals surface area contributed by atoms with Crippen LogP contribution in [0.2, 0.25) is 0 Å². The van der Waals surface area contributed by atoms with Gasteiger partial charge in [-0.1, -0.05) is 0 Å². The average Bonchev–Trinajstić information content (AvgIpc) is 3.25. The third kappa shape index (κ3) is 3.48. The lowest BCUT2D eigenvalue weighted by molar-refractivity contribution is -0.0433. The van der Waals surface area contributed by atoms with Gasteiger partial charge >= 0.3 is 6.03 Å². The fourth-order valence-corrected chi connectivity index (χ4v) is 4.82. The fourth-order valence-electron chi connectivity index (χ4n) is 4.82. The second-order valence-electron chi connectivity index (χ2n) is 8.44. The van der Waals surface area contributed by atoms with Gasteiger partial charge in [0.05, 0.1) is 12.6 Å². The first-order valence-corrected chi connectivity index (χ1v) is 10.4. The predicted octanol–water partition coefficient (Wildman–Crippen LogP) is 2.62. The highest BCUT2D eigenvalue weighted by Crippen LogP contribution is 2.39. The molecule has 0 aromatic heterocycles. The van der Waals surface area contributed by atoms with Gasteiger partial charge in [0.15, 0.2) is 0 Å². The second kappa shape index (κ2) is 7.25. The SMILES string of the molecule is NC1CC(N2CCC3=C2CCN3C(=O)NC2CC2)COC1c1cc(F)ccc1F. The van der Waals surface area contributed by atoms with Crippen molar-refractivity contribution in [1.82, 2.24) is 15.1 Å². The van der Waals surface area contributed by atoms with Gasteiger partial charge in [0, 0.05) is 55.0 Å². The van der Waals surface area contributed by atoms with Gasteiger partial charge in [0.25, 0.3) is 0 Å². The average molecular weight is 404 g/mol. The maximum Gasteiger partial charge on any atom is 0.321 e. The summed E-state index contributed by atoms with van der Waals surface area (Å²) in [6, 6.07) is 3.39. The monoisotopic (exact) mass is 404 g/mol. The number of benzene rings is 1. The molecule has 3 atom stereocenters. The largest absolute Gasteiger partial charge is 0.370 e. The molecule has 2 amide bonds. The molecule has 8 heteroatoms. The third-order valence-electron chi connectivity index (χ3n) is 6.42. The molecule has 1 saturated carbocycles. The fraction of sp³-hybridized carbons (Fsp3) is 0.571. The second-order valence-corrected chi connectivity index (χ2v) is 8.44. The molecule has 3 aliphatic heterocycles. The van der Waals surface area contributed by atoms with Crippen molar-refractivity contribution in [3.05, 3.63) is 46.8 Å². The van der Waals surface area contributed by atoms with Crippen LogP contribution in [0.1, 0.15) is 43.8 Å². The van der Waals surface area contributed by atoms with E-state index in [0.29, 0.717) is 25.6 Å². The summed E-state index contributed by atoms with van der Waals surface area (Å²) in [5, 5.41) is 3.07. The van der Waals surface area contributed by atoms with E-state index in [2.05, 4.69) is 10.2 Å². The number of halogens is 2. The summed E-state index contributed by atoms with van der Waals surface area (Å²) in [5.41, 5.74) is 8.82. The van der Waals surface area contributed by atoms with Crippen molar-refractivity contribution in [2.24, 2.45) is 5.73 Å². The number of nitrogens with one attached hydrogen (secondary N) is 1. The Morgan fingerprint density at radius 1 is 1.17 bits per heavy atom. The maximum absolute atomic E-state index is 14.2. The normalized spacial score (nSPS) is 29.4. The molecule has 1 aliphatic carbocycles. The highest BCUT2D eigenvalue weighted by Gasteiger charge is 2.41. The molecule has 0 radical (unpaired) electrons. The summed E-state index contributed by atoms with van der Waals surface area (Å²) in [6.45, 7) is 1.94. The van der Waals surface area contributed by atoms with Gasteiger partial charge in [-0.2, -0.15) is 0 Å². The maximum atomic E-state index is 14.2. The van der Waals surface area contributed by atoms with Crippen molar-refractivity contribution in [1.29, 1.82) is 0 Å². The molecule has 4 aliphatic rings. The minimum atomic E-state index is -0.651. The Labute approximate surface area is 168 Å². The van der Waals surface area contributed by atoms with Crippen LogP contribution in [0.15, 0.2) is 29.6 Å². The van der Waals surface area contributed by atoms with E-state index in [4.69, 9.17) is 10.5 Å².